The molecule has 0 bridgehead atoms. The Bertz CT molecular complexity index is 1640. The fourth-order valence-corrected chi connectivity index (χ4v) is 9.49. The second-order valence-corrected chi connectivity index (χ2v) is 13.8. The molecule has 5 heterocycles. The average Bonchev–Trinajstić information content (AvgIpc) is 3.61. The molecule has 0 aliphatic carbocycles. The molecular weight excluding hydrogens is 588 g/mol. The van der Waals surface area contributed by atoms with Gasteiger partial charge in [0, 0.05) is 38.0 Å². The predicted molar refractivity (Wildman–Crippen MR) is 172 cm³/mol. The van der Waals surface area contributed by atoms with Crippen molar-refractivity contribution in [3.63, 3.8) is 0 Å². The molecule has 3 amide bonds. The number of fused-ring (bicyclic) bond motifs is 3. The predicted octanol–water partition coefficient (Wildman–Crippen LogP) is 3.24. The van der Waals surface area contributed by atoms with Crippen molar-refractivity contribution >= 4 is 40.5 Å². The summed E-state index contributed by atoms with van der Waals surface area (Å²) >= 11 is 1.61. The lowest BCUT2D eigenvalue weighted by atomic mass is 9.78. The topological polar surface area (TPSA) is 112 Å². The zero-order chi connectivity index (χ0) is 31.0. The number of nitrogens with zero attached hydrogens (tertiary/aromatic N) is 6. The van der Waals surface area contributed by atoms with E-state index in [2.05, 4.69) is 22.5 Å². The van der Waals surface area contributed by atoms with Gasteiger partial charge in [-0.05, 0) is 30.5 Å². The highest BCUT2D eigenvalue weighted by molar-refractivity contribution is 8.02. The molecule has 1 unspecified atom stereocenters. The molecule has 0 saturated carbocycles. The molecule has 45 heavy (non-hydrogen) atoms. The molecule has 3 aromatic rings. The third-order valence-electron chi connectivity index (χ3n) is 9.57. The number of hydrogen-bond donors (Lipinski definition) is 1. The average molecular weight is 627 g/mol. The smallest absolute Gasteiger partial charge is 0.248 e. The number of aliphatic hydroxyl groups is 1. The highest BCUT2D eigenvalue weighted by atomic mass is 32.2. The van der Waals surface area contributed by atoms with Gasteiger partial charge < -0.3 is 19.8 Å². The van der Waals surface area contributed by atoms with Crippen LogP contribution in [-0.4, -0.2) is 94.8 Å². The van der Waals surface area contributed by atoms with Crippen LogP contribution in [0.25, 0.3) is 11.0 Å². The number of aromatic nitrogens is 3. The number of carbonyl (C=O) groups is 3. The SMILES string of the molecule is O=C1C2N(CCCCCCO)C(=O)[C@@H]3[C@H]4C(=O)N(Cc5ccccc5)CC=C[C@H]4S[C@]23C=CCN1Cn1nnc2ccccc21. The van der Waals surface area contributed by atoms with E-state index in [-0.39, 0.29) is 36.2 Å². The Morgan fingerprint density at radius 1 is 0.867 bits per heavy atom. The number of benzene rings is 2. The highest BCUT2D eigenvalue weighted by Crippen LogP contribution is 2.61. The van der Waals surface area contributed by atoms with Gasteiger partial charge in [0.05, 0.1) is 22.1 Å². The van der Waals surface area contributed by atoms with E-state index in [1.165, 1.54) is 0 Å². The molecule has 2 saturated heterocycles. The van der Waals surface area contributed by atoms with Crippen molar-refractivity contribution in [2.24, 2.45) is 11.8 Å². The van der Waals surface area contributed by atoms with E-state index >= 15 is 0 Å². The number of unbranched alkanes of at least 4 members (excludes halogenated alkanes) is 3. The summed E-state index contributed by atoms with van der Waals surface area (Å²) in [6, 6.07) is 16.8. The molecule has 11 heteroatoms. The van der Waals surface area contributed by atoms with Crippen molar-refractivity contribution in [2.75, 3.05) is 26.2 Å². The van der Waals surface area contributed by atoms with Crippen LogP contribution < -0.4 is 0 Å². The van der Waals surface area contributed by atoms with Gasteiger partial charge in [0.25, 0.3) is 0 Å². The molecule has 2 aromatic carbocycles. The number of para-hydroxylation sites is 1. The van der Waals surface area contributed by atoms with Gasteiger partial charge in [0.2, 0.25) is 17.7 Å². The molecular formula is C34H38N6O4S. The van der Waals surface area contributed by atoms with Crippen LogP contribution in [0.15, 0.2) is 78.9 Å². The van der Waals surface area contributed by atoms with Crippen LogP contribution in [0.3, 0.4) is 0 Å². The molecule has 2 fully saturated rings. The van der Waals surface area contributed by atoms with Crippen molar-refractivity contribution in [1.82, 2.24) is 29.7 Å². The minimum Gasteiger partial charge on any atom is -0.396 e. The van der Waals surface area contributed by atoms with Crippen molar-refractivity contribution in [2.45, 2.75) is 54.9 Å². The summed E-state index contributed by atoms with van der Waals surface area (Å²) in [6.07, 6.45) is 11.3. The van der Waals surface area contributed by atoms with E-state index in [9.17, 15) is 19.5 Å². The lowest BCUT2D eigenvalue weighted by Gasteiger charge is -2.35. The first kappa shape index (κ1) is 29.7. The van der Waals surface area contributed by atoms with Gasteiger partial charge in [-0.3, -0.25) is 14.4 Å². The second-order valence-electron chi connectivity index (χ2n) is 12.3. The molecule has 4 aliphatic heterocycles. The third kappa shape index (κ3) is 5.25. The van der Waals surface area contributed by atoms with Gasteiger partial charge in [-0.1, -0.05) is 84.8 Å². The fraction of sp³-hybridized carbons (Fsp3) is 0.441. The van der Waals surface area contributed by atoms with Gasteiger partial charge in [-0.25, -0.2) is 4.68 Å². The molecule has 4 aliphatic rings. The maximum absolute atomic E-state index is 14.6. The Balaban J connectivity index is 1.22. The molecule has 1 aromatic heterocycles. The van der Waals surface area contributed by atoms with Gasteiger partial charge in [0.1, 0.15) is 18.2 Å². The number of rotatable bonds is 10. The number of amides is 3. The molecule has 234 valence electrons. The summed E-state index contributed by atoms with van der Waals surface area (Å²) in [5.41, 5.74) is 2.63. The van der Waals surface area contributed by atoms with Gasteiger partial charge >= 0.3 is 0 Å². The number of thioether (sulfide) groups is 1. The van der Waals surface area contributed by atoms with E-state index in [0.717, 1.165) is 35.9 Å². The number of carbonyl (C=O) groups excluding carboxylic acids is 3. The summed E-state index contributed by atoms with van der Waals surface area (Å²) in [7, 11) is 0. The zero-order valence-corrected chi connectivity index (χ0v) is 26.0. The van der Waals surface area contributed by atoms with Crippen molar-refractivity contribution in [3.8, 4) is 0 Å². The van der Waals surface area contributed by atoms with Crippen LogP contribution >= 0.6 is 11.8 Å². The first-order valence-electron chi connectivity index (χ1n) is 15.8. The molecule has 1 N–H and O–H groups in total. The lowest BCUT2D eigenvalue weighted by molar-refractivity contribution is -0.145. The van der Waals surface area contributed by atoms with Gasteiger partial charge in [-0.2, -0.15) is 0 Å². The van der Waals surface area contributed by atoms with Crippen molar-refractivity contribution in [1.29, 1.82) is 0 Å². The van der Waals surface area contributed by atoms with Crippen LogP contribution in [0.4, 0.5) is 0 Å². The fourth-order valence-electron chi connectivity index (χ4n) is 7.48. The summed E-state index contributed by atoms with van der Waals surface area (Å²) in [5, 5.41) is 17.6. The maximum Gasteiger partial charge on any atom is 0.248 e. The first-order valence-corrected chi connectivity index (χ1v) is 16.7. The van der Waals surface area contributed by atoms with Crippen LogP contribution in [0.5, 0.6) is 0 Å². The molecule has 7 rings (SSSR count). The highest BCUT2D eigenvalue weighted by Gasteiger charge is 2.70. The van der Waals surface area contributed by atoms with Crippen LogP contribution in [0.2, 0.25) is 0 Å². The summed E-state index contributed by atoms with van der Waals surface area (Å²) in [5.74, 6) is -1.48. The Hall–Kier alpha value is -3.96. The Morgan fingerprint density at radius 2 is 1.64 bits per heavy atom. The van der Waals surface area contributed by atoms with E-state index in [0.29, 0.717) is 32.6 Å². The number of likely N-dealkylation sites (tertiary alicyclic amines) is 1. The first-order chi connectivity index (χ1) is 22.0. The Labute approximate surface area is 266 Å². The standard InChI is InChI=1S/C34H38N6O4S/c41-21-9-2-1-8-20-39-30-33(44)38(23-40-26-15-7-6-14-25(26)35-36-40)19-11-17-34(30)29(32(39)43)28-27(45-34)16-10-18-37(31(28)42)22-24-12-4-3-5-13-24/h3-7,10-17,27-30,41H,1-2,8-9,18-23H2/t27-,28+,29+,30?,34+/m1/s1. The van der Waals surface area contributed by atoms with Gasteiger partial charge in [-0.15, -0.1) is 16.9 Å². The summed E-state index contributed by atoms with van der Waals surface area (Å²) < 4.78 is 0.871. The number of aliphatic hydroxyl groups excluding tert-OH is 1. The minimum atomic E-state index is -0.858. The third-order valence-corrected chi connectivity index (χ3v) is 11.3. The summed E-state index contributed by atoms with van der Waals surface area (Å²) in [4.78, 5) is 48.9. The van der Waals surface area contributed by atoms with Crippen LogP contribution in [0, 0.1) is 11.8 Å². The number of hydrogen-bond acceptors (Lipinski definition) is 7. The van der Waals surface area contributed by atoms with E-state index in [4.69, 9.17) is 0 Å². The van der Waals surface area contributed by atoms with E-state index in [1.807, 2.05) is 71.6 Å². The van der Waals surface area contributed by atoms with Crippen molar-refractivity contribution < 1.29 is 19.5 Å². The normalized spacial score (nSPS) is 27.6. The monoisotopic (exact) mass is 626 g/mol. The minimum absolute atomic E-state index is 0.0313. The second kappa shape index (κ2) is 12.4. The van der Waals surface area contributed by atoms with Crippen molar-refractivity contribution in [3.05, 3.63) is 84.5 Å². The lowest BCUT2D eigenvalue weighted by Crippen LogP contribution is -2.53. The molecule has 10 nitrogen and oxygen atoms in total. The van der Waals surface area contributed by atoms with Crippen LogP contribution in [-0.2, 0) is 27.6 Å². The maximum atomic E-state index is 14.6. The molecule has 5 atom stereocenters. The zero-order valence-electron chi connectivity index (χ0n) is 25.1. The van der Waals surface area contributed by atoms with E-state index < -0.39 is 22.6 Å². The van der Waals surface area contributed by atoms with Crippen LogP contribution in [0.1, 0.15) is 31.2 Å². The van der Waals surface area contributed by atoms with E-state index in [1.54, 1.807) is 26.2 Å². The van der Waals surface area contributed by atoms with Gasteiger partial charge in [0.15, 0.2) is 0 Å². The largest absolute Gasteiger partial charge is 0.396 e. The molecule has 1 spiro atoms. The molecule has 0 radical (unpaired) electrons. The Morgan fingerprint density at radius 3 is 2.49 bits per heavy atom. The summed E-state index contributed by atoms with van der Waals surface area (Å²) in [6.45, 7) is 2.11. The Kier molecular flexibility index (Phi) is 8.22. The quantitative estimate of drug-likeness (QED) is 0.272.